The van der Waals surface area contributed by atoms with E-state index in [2.05, 4.69) is 24.3 Å². The first-order valence-electron chi connectivity index (χ1n) is 4.30. The van der Waals surface area contributed by atoms with Crippen LogP contribution in [0.1, 0.15) is 19.8 Å². The van der Waals surface area contributed by atoms with Crippen molar-refractivity contribution in [2.75, 3.05) is 0 Å². The van der Waals surface area contributed by atoms with Crippen molar-refractivity contribution in [3.63, 3.8) is 0 Å². The molecule has 0 spiro atoms. The van der Waals surface area contributed by atoms with Crippen LogP contribution >= 0.6 is 0 Å². The first-order chi connectivity index (χ1) is 6.41. The molecule has 84 valence electrons. The van der Waals surface area contributed by atoms with Gasteiger partial charge < -0.3 is 14.9 Å². The van der Waals surface area contributed by atoms with E-state index in [1.807, 2.05) is 55.5 Å². The molecular formula is C14H20Ti-4. The van der Waals surface area contributed by atoms with E-state index >= 15 is 0 Å². The second-order valence-electron chi connectivity index (χ2n) is 2.29. The second-order valence-corrected chi connectivity index (χ2v) is 3.20. The maximum Gasteiger partial charge on any atom is -0.109 e. The molecule has 0 saturated heterocycles. The molecule has 0 atom stereocenters. The summed E-state index contributed by atoms with van der Waals surface area (Å²) in [6, 6.07) is 0. The van der Waals surface area contributed by atoms with Crippen LogP contribution in [0.4, 0.5) is 0 Å². The number of hydrogen-bond acceptors (Lipinski definition) is 0. The molecule has 0 aliphatic heterocycles. The fourth-order valence-electron chi connectivity index (χ4n) is 0.680. The van der Waals surface area contributed by atoms with E-state index in [0.29, 0.717) is 0 Å². The standard InChI is InChI=1S/2C5H5.C2H4.2CH3.Ti/c2*1-2-4-5-3-1;1-2;;;/h2*1-3H,4H2;1H,2H3;2*1H3;/q2*-1;;2*-1;. The molecule has 2 aliphatic carbocycles. The van der Waals surface area contributed by atoms with Gasteiger partial charge >= 0.3 is 31.2 Å². The van der Waals surface area contributed by atoms with Crippen LogP contribution in [0.2, 0.25) is 0 Å². The molecule has 0 aromatic carbocycles. The van der Waals surface area contributed by atoms with E-state index in [0.717, 1.165) is 12.8 Å². The van der Waals surface area contributed by atoms with Crippen molar-refractivity contribution < 1.29 is 20.0 Å². The zero-order chi connectivity index (χ0) is 9.78. The summed E-state index contributed by atoms with van der Waals surface area (Å²) in [4.78, 5) is 0. The van der Waals surface area contributed by atoms with Crippen molar-refractivity contribution in [1.82, 2.24) is 0 Å². The molecule has 1 heteroatoms. The van der Waals surface area contributed by atoms with Crippen LogP contribution in [0.3, 0.4) is 0 Å². The molecule has 15 heavy (non-hydrogen) atoms. The smallest absolute Gasteiger partial charge is 0.109 e. The Morgan fingerprint density at radius 1 is 1.00 bits per heavy atom. The Morgan fingerprint density at radius 3 is 1.40 bits per heavy atom. The summed E-state index contributed by atoms with van der Waals surface area (Å²) in [5.74, 6) is 0. The predicted molar refractivity (Wildman–Crippen MR) is 67.7 cm³/mol. The van der Waals surface area contributed by atoms with Gasteiger partial charge in [-0.1, -0.05) is 0 Å². The van der Waals surface area contributed by atoms with E-state index in [1.165, 1.54) is 0 Å². The maximum atomic E-state index is 2.99. The summed E-state index contributed by atoms with van der Waals surface area (Å²) in [5, 5.41) is 0. The molecule has 0 unspecified atom stereocenters. The molecule has 2 aliphatic rings. The van der Waals surface area contributed by atoms with Gasteiger partial charge in [-0.15, -0.1) is 12.8 Å². The normalized spacial score (nSPS) is 12.5. The zero-order valence-corrected chi connectivity index (χ0v) is 11.5. The summed E-state index contributed by atoms with van der Waals surface area (Å²) in [6.07, 6.45) is 20.0. The fourth-order valence-corrected chi connectivity index (χ4v) is 0.680. The fraction of sp³-hybridized carbons (Fsp3) is 0.214. The summed E-state index contributed by atoms with van der Waals surface area (Å²) in [7, 11) is 0. The maximum absolute atomic E-state index is 2.99. The Balaban J connectivity index is -0.000000140. The third-order valence-corrected chi connectivity index (χ3v) is 1.17. The molecule has 0 radical (unpaired) electrons. The van der Waals surface area contributed by atoms with Crippen LogP contribution in [-0.2, 0) is 20.0 Å². The van der Waals surface area contributed by atoms with Crippen molar-refractivity contribution in [2.24, 2.45) is 0 Å². The van der Waals surface area contributed by atoms with Gasteiger partial charge in [0.1, 0.15) is 0 Å². The van der Waals surface area contributed by atoms with Gasteiger partial charge in [-0.3, -0.25) is 12.2 Å². The summed E-state index contributed by atoms with van der Waals surface area (Å²) < 4.78 is 2.00. The molecule has 0 amide bonds. The molecule has 0 fully saturated rings. The second kappa shape index (κ2) is 19.2. The van der Waals surface area contributed by atoms with Gasteiger partial charge in [-0.25, -0.2) is 24.3 Å². The minimum atomic E-state index is 0. The predicted octanol–water partition coefficient (Wildman–Crippen LogP) is 3.87. The zero-order valence-electron chi connectivity index (χ0n) is 9.96. The van der Waals surface area contributed by atoms with Crippen LogP contribution in [0.5, 0.6) is 0 Å². The minimum absolute atomic E-state index is 0. The van der Waals surface area contributed by atoms with Crippen molar-refractivity contribution in [2.45, 2.75) is 19.8 Å². The van der Waals surface area contributed by atoms with Crippen molar-refractivity contribution in [3.8, 4) is 0 Å². The van der Waals surface area contributed by atoms with Gasteiger partial charge in [0.2, 0.25) is 0 Å². The van der Waals surface area contributed by atoms with Crippen molar-refractivity contribution >= 4 is 4.31 Å². The monoisotopic (exact) mass is 236 g/mol. The summed E-state index contributed by atoms with van der Waals surface area (Å²) >= 11 is 2.00. The first-order valence-corrected chi connectivity index (χ1v) is 5.20. The molecule has 0 saturated carbocycles. The van der Waals surface area contributed by atoms with Crippen LogP contribution in [0, 0.1) is 27.0 Å². The van der Waals surface area contributed by atoms with Crippen molar-refractivity contribution in [3.05, 3.63) is 63.5 Å². The van der Waals surface area contributed by atoms with E-state index in [-0.39, 0.29) is 14.9 Å². The Morgan fingerprint density at radius 2 is 1.33 bits per heavy atom. The first kappa shape index (κ1) is 20.0. The summed E-state index contributed by atoms with van der Waals surface area (Å²) in [6.45, 7) is 2.00. The topological polar surface area (TPSA) is 0 Å². The van der Waals surface area contributed by atoms with Crippen LogP contribution in [-0.4, -0.2) is 4.31 Å². The number of allylic oxidation sites excluding steroid dienone is 8. The Bertz CT molecular complexity index is 177. The molecule has 2 rings (SSSR count). The molecule has 0 bridgehead atoms. The van der Waals surface area contributed by atoms with Gasteiger partial charge in [0.05, 0.1) is 0 Å². The quantitative estimate of drug-likeness (QED) is 0.442. The molecule has 0 aromatic heterocycles. The molecule has 0 N–H and O–H groups in total. The number of rotatable bonds is 0. The molecule has 0 aromatic rings. The third kappa shape index (κ3) is 19.8. The van der Waals surface area contributed by atoms with Crippen molar-refractivity contribution in [1.29, 1.82) is 0 Å². The average Bonchev–Trinajstić information content (AvgIpc) is 2.85. The van der Waals surface area contributed by atoms with Gasteiger partial charge in [0.15, 0.2) is 0 Å². The Hall–Kier alpha value is -0.456. The van der Waals surface area contributed by atoms with Crippen LogP contribution < -0.4 is 0 Å². The molecule has 0 heterocycles. The molecule has 0 nitrogen and oxygen atoms in total. The molecular weight excluding hydrogens is 216 g/mol. The average molecular weight is 236 g/mol. The minimum Gasteiger partial charge on any atom is -0.358 e. The third-order valence-electron chi connectivity index (χ3n) is 1.17. The van der Waals surface area contributed by atoms with E-state index in [1.54, 1.807) is 0 Å². The van der Waals surface area contributed by atoms with Gasteiger partial charge in [-0.2, -0.15) is 12.2 Å². The Kier molecular flexibility index (Phi) is 25.6. The van der Waals surface area contributed by atoms with Crippen LogP contribution in [0.25, 0.3) is 0 Å². The van der Waals surface area contributed by atoms with Gasteiger partial charge in [0.25, 0.3) is 0 Å². The van der Waals surface area contributed by atoms with Crippen LogP contribution in [0.15, 0.2) is 36.5 Å². The van der Waals surface area contributed by atoms with E-state index in [4.69, 9.17) is 0 Å². The summed E-state index contributed by atoms with van der Waals surface area (Å²) in [5.41, 5.74) is 0. The largest absolute Gasteiger partial charge is 0.358 e. The Labute approximate surface area is 107 Å². The van der Waals surface area contributed by atoms with E-state index in [9.17, 15) is 0 Å². The van der Waals surface area contributed by atoms with Gasteiger partial charge in [-0.05, 0) is 0 Å². The van der Waals surface area contributed by atoms with E-state index < -0.39 is 0 Å². The number of hydrogen-bond donors (Lipinski definition) is 0. The van der Waals surface area contributed by atoms with Gasteiger partial charge in [0, 0.05) is 0 Å². The SMILES string of the molecule is C[CH]=[Ti].[C-]1=CC=CC1.[C-]1=CC=CC1.[CH3-].[CH3-].